The second-order valence-corrected chi connectivity index (χ2v) is 4.31. The monoisotopic (exact) mass is 300 g/mol. The van der Waals surface area contributed by atoms with Crippen LogP contribution in [0.4, 0.5) is 17.6 Å². The van der Waals surface area contributed by atoms with Crippen molar-refractivity contribution in [2.24, 2.45) is 0 Å². The molecule has 1 unspecified atom stereocenters. The Balaban J connectivity index is 2.37. The first kappa shape index (κ1) is 16.8. The van der Waals surface area contributed by atoms with E-state index >= 15 is 0 Å². The van der Waals surface area contributed by atoms with E-state index in [0.29, 0.717) is 6.42 Å². The Labute approximate surface area is 112 Å². The molecule has 1 heterocycles. The van der Waals surface area contributed by atoms with Gasteiger partial charge in [0.1, 0.15) is 13.2 Å². The van der Waals surface area contributed by atoms with Crippen molar-refractivity contribution in [1.29, 1.82) is 0 Å². The Hall–Kier alpha value is -1.22. The highest BCUT2D eigenvalue weighted by molar-refractivity contribution is 4.86. The predicted octanol–water partition coefficient (Wildman–Crippen LogP) is 2.19. The standard InChI is InChI=1S/C11H16F4N2O3/c1-2-3-7(18)4-9-16-8(17-20-9)5-19-6-11(14,15)10(12)13/h7,10,18H,2-6H2,1H3. The fourth-order valence-electron chi connectivity index (χ4n) is 1.41. The van der Waals surface area contributed by atoms with Crippen molar-refractivity contribution >= 4 is 0 Å². The van der Waals surface area contributed by atoms with E-state index in [1.165, 1.54) is 0 Å². The summed E-state index contributed by atoms with van der Waals surface area (Å²) in [6.45, 7) is 0.0160. The van der Waals surface area contributed by atoms with Gasteiger partial charge in [0.15, 0.2) is 5.82 Å². The van der Waals surface area contributed by atoms with Crippen LogP contribution in [0.2, 0.25) is 0 Å². The second-order valence-electron chi connectivity index (χ2n) is 4.31. The van der Waals surface area contributed by atoms with Gasteiger partial charge in [-0.15, -0.1) is 0 Å². The highest BCUT2D eigenvalue weighted by atomic mass is 19.3. The van der Waals surface area contributed by atoms with Gasteiger partial charge < -0.3 is 14.4 Å². The van der Waals surface area contributed by atoms with Gasteiger partial charge in [-0.05, 0) is 6.42 Å². The third-order valence-corrected chi connectivity index (χ3v) is 2.39. The number of rotatable bonds is 9. The molecule has 1 rings (SSSR count). The number of halogens is 4. The lowest BCUT2D eigenvalue weighted by atomic mass is 10.1. The van der Waals surface area contributed by atoms with Crippen LogP contribution in [0.1, 0.15) is 31.5 Å². The van der Waals surface area contributed by atoms with Gasteiger partial charge in [-0.25, -0.2) is 8.78 Å². The third-order valence-electron chi connectivity index (χ3n) is 2.39. The Morgan fingerprint density at radius 1 is 1.40 bits per heavy atom. The van der Waals surface area contributed by atoms with Crippen LogP contribution >= 0.6 is 0 Å². The maximum absolute atomic E-state index is 12.5. The molecule has 20 heavy (non-hydrogen) atoms. The van der Waals surface area contributed by atoms with E-state index in [4.69, 9.17) is 4.52 Å². The molecular formula is C11H16F4N2O3. The smallest absolute Gasteiger partial charge is 0.330 e. The Morgan fingerprint density at radius 3 is 2.70 bits per heavy atom. The fourth-order valence-corrected chi connectivity index (χ4v) is 1.41. The highest BCUT2D eigenvalue weighted by Crippen LogP contribution is 2.23. The van der Waals surface area contributed by atoms with E-state index in [2.05, 4.69) is 14.9 Å². The van der Waals surface area contributed by atoms with Crippen molar-refractivity contribution < 1.29 is 31.9 Å². The molecule has 0 aromatic carbocycles. The van der Waals surface area contributed by atoms with Crippen LogP contribution in [0.3, 0.4) is 0 Å². The van der Waals surface area contributed by atoms with E-state index in [-0.39, 0.29) is 18.1 Å². The summed E-state index contributed by atoms with van der Waals surface area (Å²) in [4.78, 5) is 3.80. The third kappa shape index (κ3) is 5.41. The first-order chi connectivity index (χ1) is 9.35. The molecule has 1 N–H and O–H groups in total. The maximum atomic E-state index is 12.5. The second kappa shape index (κ2) is 7.53. The lowest BCUT2D eigenvalue weighted by Gasteiger charge is -2.14. The summed E-state index contributed by atoms with van der Waals surface area (Å²) >= 11 is 0. The van der Waals surface area contributed by atoms with Crippen LogP contribution in [0.25, 0.3) is 0 Å². The van der Waals surface area contributed by atoms with Crippen LogP contribution in [0.5, 0.6) is 0 Å². The topological polar surface area (TPSA) is 68.4 Å². The van der Waals surface area contributed by atoms with E-state index in [0.717, 1.165) is 6.42 Å². The largest absolute Gasteiger partial charge is 0.393 e. The van der Waals surface area contributed by atoms with E-state index < -0.39 is 31.7 Å². The normalized spacial score (nSPS) is 13.9. The molecule has 5 nitrogen and oxygen atoms in total. The van der Waals surface area contributed by atoms with Gasteiger partial charge in [0.2, 0.25) is 5.89 Å². The van der Waals surface area contributed by atoms with Gasteiger partial charge in [0, 0.05) is 0 Å². The average Bonchev–Trinajstić information content (AvgIpc) is 2.76. The molecule has 116 valence electrons. The first-order valence-electron chi connectivity index (χ1n) is 6.08. The molecule has 0 amide bonds. The zero-order valence-corrected chi connectivity index (χ0v) is 10.9. The summed E-state index contributed by atoms with van der Waals surface area (Å²) < 4.78 is 58.0. The average molecular weight is 300 g/mol. The van der Waals surface area contributed by atoms with E-state index in [1.54, 1.807) is 0 Å². The lowest BCUT2D eigenvalue weighted by molar-refractivity contribution is -0.168. The quantitative estimate of drug-likeness (QED) is 0.708. The SMILES string of the molecule is CCCC(O)Cc1nc(COCC(F)(F)C(F)F)no1. The van der Waals surface area contributed by atoms with Crippen molar-refractivity contribution in [2.75, 3.05) is 6.61 Å². The van der Waals surface area contributed by atoms with Crippen molar-refractivity contribution in [1.82, 2.24) is 10.1 Å². The highest BCUT2D eigenvalue weighted by Gasteiger charge is 2.41. The molecule has 0 saturated carbocycles. The van der Waals surface area contributed by atoms with Gasteiger partial charge in [-0.1, -0.05) is 18.5 Å². The van der Waals surface area contributed by atoms with Gasteiger partial charge >= 0.3 is 12.3 Å². The van der Waals surface area contributed by atoms with Gasteiger partial charge in [-0.2, -0.15) is 13.8 Å². The molecule has 0 bridgehead atoms. The number of nitrogens with zero attached hydrogens (tertiary/aromatic N) is 2. The molecule has 0 radical (unpaired) electrons. The molecule has 1 atom stereocenters. The molecule has 9 heteroatoms. The summed E-state index contributed by atoms with van der Waals surface area (Å²) in [6.07, 6.45) is -2.92. The fraction of sp³-hybridized carbons (Fsp3) is 0.818. The zero-order valence-electron chi connectivity index (χ0n) is 10.9. The minimum absolute atomic E-state index is 0.0336. The number of hydrogen-bond donors (Lipinski definition) is 1. The van der Waals surface area contributed by atoms with Crippen molar-refractivity contribution in [3.05, 3.63) is 11.7 Å². The summed E-state index contributed by atoms with van der Waals surface area (Å²) in [7, 11) is 0. The number of ether oxygens (including phenoxy) is 1. The molecular weight excluding hydrogens is 284 g/mol. The van der Waals surface area contributed by atoms with E-state index in [9.17, 15) is 22.7 Å². The number of aliphatic hydroxyl groups excluding tert-OH is 1. The molecule has 1 aromatic rings. The van der Waals surface area contributed by atoms with Crippen LogP contribution in [0.15, 0.2) is 4.52 Å². The predicted molar refractivity (Wildman–Crippen MR) is 59.5 cm³/mol. The summed E-state index contributed by atoms with van der Waals surface area (Å²) in [5.41, 5.74) is 0. The van der Waals surface area contributed by atoms with Crippen LogP contribution in [-0.4, -0.2) is 40.3 Å². The summed E-state index contributed by atoms with van der Waals surface area (Å²) in [5.74, 6) is -4.09. The van der Waals surface area contributed by atoms with Crippen molar-refractivity contribution in [3.63, 3.8) is 0 Å². The number of hydrogen-bond acceptors (Lipinski definition) is 5. The molecule has 0 aliphatic rings. The lowest BCUT2D eigenvalue weighted by Crippen LogP contribution is -2.32. The Kier molecular flexibility index (Phi) is 6.34. The van der Waals surface area contributed by atoms with Gasteiger partial charge in [0.05, 0.1) is 12.5 Å². The number of aromatic nitrogens is 2. The molecule has 1 aromatic heterocycles. The van der Waals surface area contributed by atoms with Crippen LogP contribution in [0, 0.1) is 0 Å². The summed E-state index contributed by atoms with van der Waals surface area (Å²) in [5, 5.41) is 13.0. The van der Waals surface area contributed by atoms with Crippen LogP contribution in [-0.2, 0) is 17.8 Å². The number of alkyl halides is 4. The number of aliphatic hydroxyl groups is 1. The molecule has 0 aliphatic heterocycles. The van der Waals surface area contributed by atoms with Gasteiger partial charge in [0.25, 0.3) is 0 Å². The Morgan fingerprint density at radius 2 is 2.10 bits per heavy atom. The van der Waals surface area contributed by atoms with Crippen LogP contribution < -0.4 is 0 Å². The van der Waals surface area contributed by atoms with Gasteiger partial charge in [-0.3, -0.25) is 0 Å². The molecule has 0 saturated heterocycles. The van der Waals surface area contributed by atoms with E-state index in [1.807, 2.05) is 6.92 Å². The van der Waals surface area contributed by atoms with Crippen molar-refractivity contribution in [2.45, 2.75) is 51.2 Å². The Bertz CT molecular complexity index is 401. The zero-order chi connectivity index (χ0) is 15.2. The molecule has 0 aliphatic carbocycles. The maximum Gasteiger partial charge on any atom is 0.330 e. The molecule has 0 fully saturated rings. The first-order valence-corrected chi connectivity index (χ1v) is 6.08. The minimum Gasteiger partial charge on any atom is -0.393 e. The minimum atomic E-state index is -4.20. The van der Waals surface area contributed by atoms with Crippen molar-refractivity contribution in [3.8, 4) is 0 Å². The summed E-state index contributed by atoms with van der Waals surface area (Å²) in [6, 6.07) is 0. The molecule has 0 spiro atoms.